The second kappa shape index (κ2) is 5.82. The number of nitrogens with one attached hydrogen (secondary N) is 1. The summed E-state index contributed by atoms with van der Waals surface area (Å²) in [6.45, 7) is 2.65. The van der Waals surface area contributed by atoms with Crippen molar-refractivity contribution in [1.29, 1.82) is 0 Å². The Bertz CT molecular complexity index is 573. The Morgan fingerprint density at radius 1 is 1.32 bits per heavy atom. The van der Waals surface area contributed by atoms with Crippen LogP contribution in [0.4, 0.5) is 14.5 Å². The van der Waals surface area contributed by atoms with Crippen LogP contribution in [0.25, 0.3) is 10.9 Å². The van der Waals surface area contributed by atoms with Crippen LogP contribution in [0.2, 0.25) is 0 Å². The molecule has 19 heavy (non-hydrogen) atoms. The van der Waals surface area contributed by atoms with E-state index in [1.807, 2.05) is 13.0 Å². The van der Waals surface area contributed by atoms with E-state index in [2.05, 4.69) is 10.3 Å². The zero-order valence-corrected chi connectivity index (χ0v) is 10.9. The molecule has 3 nitrogen and oxygen atoms in total. The smallest absolute Gasteiger partial charge is 0.280 e. The molecule has 0 radical (unpaired) electrons. The molecule has 1 N–H and O–H groups in total. The number of halogens is 2. The van der Waals surface area contributed by atoms with Crippen LogP contribution in [-0.2, 0) is 0 Å². The molecule has 1 aromatic heterocycles. The van der Waals surface area contributed by atoms with Gasteiger partial charge in [0.15, 0.2) is 0 Å². The van der Waals surface area contributed by atoms with Crippen molar-refractivity contribution in [3.63, 3.8) is 0 Å². The summed E-state index contributed by atoms with van der Waals surface area (Å²) >= 11 is 0. The summed E-state index contributed by atoms with van der Waals surface area (Å²) in [5.41, 5.74) is 0.937. The normalized spacial score (nSPS) is 11.0. The average molecular weight is 266 g/mol. The van der Waals surface area contributed by atoms with Gasteiger partial charge in [-0.2, -0.15) is 0 Å². The van der Waals surface area contributed by atoms with E-state index in [-0.39, 0.29) is 5.69 Å². The van der Waals surface area contributed by atoms with E-state index in [4.69, 9.17) is 4.74 Å². The van der Waals surface area contributed by atoms with Crippen molar-refractivity contribution >= 4 is 16.6 Å². The van der Waals surface area contributed by atoms with Crippen LogP contribution in [-0.4, -0.2) is 18.6 Å². The molecular weight excluding hydrogens is 250 g/mol. The molecule has 1 heterocycles. The molecule has 0 amide bonds. The van der Waals surface area contributed by atoms with Crippen molar-refractivity contribution in [2.24, 2.45) is 0 Å². The first-order valence-electron chi connectivity index (χ1n) is 6.19. The van der Waals surface area contributed by atoms with Gasteiger partial charge in [0.05, 0.1) is 12.1 Å². The van der Waals surface area contributed by atoms with Gasteiger partial charge in [-0.15, -0.1) is 0 Å². The van der Waals surface area contributed by atoms with Crippen LogP contribution in [0.3, 0.4) is 0 Å². The third-order valence-electron chi connectivity index (χ3n) is 2.77. The molecule has 0 saturated heterocycles. The van der Waals surface area contributed by atoms with Crippen molar-refractivity contribution in [2.75, 3.05) is 19.0 Å². The quantitative estimate of drug-likeness (QED) is 0.888. The number of benzene rings is 1. The number of anilines is 1. The largest absolute Gasteiger partial charge is 0.494 e. The van der Waals surface area contributed by atoms with Gasteiger partial charge in [-0.25, -0.2) is 13.8 Å². The van der Waals surface area contributed by atoms with Gasteiger partial charge in [-0.3, -0.25) is 0 Å². The Morgan fingerprint density at radius 3 is 2.74 bits per heavy atom. The third-order valence-corrected chi connectivity index (χ3v) is 2.77. The van der Waals surface area contributed by atoms with E-state index < -0.39 is 6.43 Å². The number of rotatable bonds is 5. The lowest BCUT2D eigenvalue weighted by molar-refractivity contribution is 0.146. The standard InChI is InChI=1S/C14H16F2N2O/c1-3-6-19-9-4-5-11-10(7-9)12(17-2)8-13(18-11)14(15)16/h4-5,7-8,14H,3,6H2,1-2H3,(H,17,18). The zero-order chi connectivity index (χ0) is 13.8. The van der Waals surface area contributed by atoms with Gasteiger partial charge in [0.1, 0.15) is 11.4 Å². The maximum atomic E-state index is 12.7. The van der Waals surface area contributed by atoms with Gasteiger partial charge in [0, 0.05) is 18.1 Å². The van der Waals surface area contributed by atoms with Gasteiger partial charge in [-0.1, -0.05) is 6.92 Å². The molecule has 0 atom stereocenters. The molecule has 0 aliphatic carbocycles. The van der Waals surface area contributed by atoms with Crippen LogP contribution < -0.4 is 10.1 Å². The molecular formula is C14H16F2N2O. The summed E-state index contributed by atoms with van der Waals surface area (Å²) in [6, 6.07) is 6.64. The molecule has 0 saturated carbocycles. The predicted octanol–water partition coefficient (Wildman–Crippen LogP) is 4.00. The lowest BCUT2D eigenvalue weighted by Crippen LogP contribution is -1.99. The maximum absolute atomic E-state index is 12.7. The first-order valence-corrected chi connectivity index (χ1v) is 6.19. The van der Waals surface area contributed by atoms with Crippen molar-refractivity contribution in [2.45, 2.75) is 19.8 Å². The van der Waals surface area contributed by atoms with Gasteiger partial charge in [-0.05, 0) is 30.7 Å². The second-order valence-electron chi connectivity index (χ2n) is 4.17. The van der Waals surface area contributed by atoms with Crippen molar-refractivity contribution in [3.05, 3.63) is 30.0 Å². The van der Waals surface area contributed by atoms with Crippen molar-refractivity contribution in [3.8, 4) is 5.75 Å². The lowest BCUT2D eigenvalue weighted by atomic mass is 10.1. The third kappa shape index (κ3) is 2.92. The van der Waals surface area contributed by atoms with E-state index in [9.17, 15) is 8.78 Å². The van der Waals surface area contributed by atoms with Crippen LogP contribution in [0.1, 0.15) is 25.5 Å². The minimum atomic E-state index is -2.58. The number of hydrogen-bond donors (Lipinski definition) is 1. The van der Waals surface area contributed by atoms with E-state index in [0.29, 0.717) is 17.8 Å². The number of aromatic nitrogens is 1. The molecule has 0 fully saturated rings. The SMILES string of the molecule is CCCOc1ccc2nc(C(F)F)cc(NC)c2c1. The molecule has 0 aliphatic rings. The monoisotopic (exact) mass is 266 g/mol. The lowest BCUT2D eigenvalue weighted by Gasteiger charge is -2.11. The van der Waals surface area contributed by atoms with Gasteiger partial charge < -0.3 is 10.1 Å². The van der Waals surface area contributed by atoms with Gasteiger partial charge in [0.2, 0.25) is 0 Å². The summed E-state index contributed by atoms with van der Waals surface area (Å²) in [5.74, 6) is 0.720. The highest BCUT2D eigenvalue weighted by molar-refractivity contribution is 5.92. The highest BCUT2D eigenvalue weighted by atomic mass is 19.3. The molecule has 0 aliphatic heterocycles. The minimum Gasteiger partial charge on any atom is -0.494 e. The summed E-state index contributed by atoms with van der Waals surface area (Å²) < 4.78 is 31.0. The molecule has 0 spiro atoms. The molecule has 0 unspecified atom stereocenters. The molecule has 102 valence electrons. The van der Waals surface area contributed by atoms with Crippen LogP contribution >= 0.6 is 0 Å². The fourth-order valence-electron chi connectivity index (χ4n) is 1.85. The average Bonchev–Trinajstić information content (AvgIpc) is 2.43. The van der Waals surface area contributed by atoms with Crippen molar-refractivity contribution in [1.82, 2.24) is 4.98 Å². The molecule has 1 aromatic carbocycles. The number of pyridine rings is 1. The number of nitrogens with zero attached hydrogens (tertiary/aromatic N) is 1. The number of ether oxygens (including phenoxy) is 1. The highest BCUT2D eigenvalue weighted by Crippen LogP contribution is 2.30. The van der Waals surface area contributed by atoms with Gasteiger partial charge in [0.25, 0.3) is 6.43 Å². The Kier molecular flexibility index (Phi) is 4.14. The summed E-state index contributed by atoms with van der Waals surface area (Å²) in [6.07, 6.45) is -1.66. The van der Waals surface area contributed by atoms with E-state index in [0.717, 1.165) is 17.6 Å². The Hall–Kier alpha value is -1.91. The fraction of sp³-hybridized carbons (Fsp3) is 0.357. The van der Waals surface area contributed by atoms with Crippen LogP contribution in [0.15, 0.2) is 24.3 Å². The molecule has 2 aromatic rings. The fourth-order valence-corrected chi connectivity index (χ4v) is 1.85. The highest BCUT2D eigenvalue weighted by Gasteiger charge is 2.13. The second-order valence-corrected chi connectivity index (χ2v) is 4.17. The summed E-state index contributed by atoms with van der Waals surface area (Å²) in [4.78, 5) is 3.96. The van der Waals surface area contributed by atoms with Gasteiger partial charge >= 0.3 is 0 Å². The predicted molar refractivity (Wildman–Crippen MR) is 72.0 cm³/mol. The number of fused-ring (bicyclic) bond motifs is 1. The summed E-state index contributed by atoms with van der Waals surface area (Å²) in [5, 5.41) is 3.70. The van der Waals surface area contributed by atoms with Crippen molar-refractivity contribution < 1.29 is 13.5 Å². The zero-order valence-electron chi connectivity index (χ0n) is 10.9. The maximum Gasteiger partial charge on any atom is 0.280 e. The Labute approximate surface area is 110 Å². The van der Waals surface area contributed by atoms with E-state index in [1.54, 1.807) is 19.2 Å². The topological polar surface area (TPSA) is 34.1 Å². The first-order chi connectivity index (χ1) is 9.15. The molecule has 2 rings (SSSR count). The first kappa shape index (κ1) is 13.5. The van der Waals surface area contributed by atoms with Crippen LogP contribution in [0, 0.1) is 0 Å². The van der Waals surface area contributed by atoms with E-state index in [1.165, 1.54) is 6.07 Å². The van der Waals surface area contributed by atoms with E-state index >= 15 is 0 Å². The van der Waals surface area contributed by atoms with Crippen LogP contribution in [0.5, 0.6) is 5.75 Å². The number of alkyl halides is 2. The minimum absolute atomic E-state index is 0.223. The molecule has 0 bridgehead atoms. The Balaban J connectivity index is 2.49. The summed E-state index contributed by atoms with van der Waals surface area (Å²) in [7, 11) is 1.70. The Morgan fingerprint density at radius 2 is 2.11 bits per heavy atom. The molecule has 5 heteroatoms. The number of hydrogen-bond acceptors (Lipinski definition) is 3.